The third kappa shape index (κ3) is 7.11. The van der Waals surface area contributed by atoms with Crippen molar-refractivity contribution < 1.29 is 9.59 Å². The number of anilines is 1. The Morgan fingerprint density at radius 2 is 1.59 bits per heavy atom. The summed E-state index contributed by atoms with van der Waals surface area (Å²) in [5.74, 6) is 0.517. The molecule has 1 aromatic carbocycles. The molecule has 1 aromatic rings. The van der Waals surface area contributed by atoms with Gasteiger partial charge in [-0.05, 0) is 49.5 Å². The quantitative estimate of drug-likeness (QED) is 0.577. The topological polar surface area (TPSA) is 70.2 Å². The predicted molar refractivity (Wildman–Crippen MR) is 121 cm³/mol. The van der Waals surface area contributed by atoms with E-state index in [1.807, 2.05) is 18.2 Å². The number of rotatable bonds is 6. The minimum Gasteiger partial charge on any atom is -0.349 e. The second-order valence-electron chi connectivity index (χ2n) is 8.40. The van der Waals surface area contributed by atoms with Gasteiger partial charge in [-0.1, -0.05) is 63.5 Å². The van der Waals surface area contributed by atoms with Gasteiger partial charge in [-0.3, -0.25) is 9.59 Å². The minimum absolute atomic E-state index is 0.0581. The zero-order valence-electron chi connectivity index (χ0n) is 17.2. The molecule has 2 aliphatic rings. The molecule has 0 radical (unpaired) electrons. The average molecular weight is 416 g/mol. The molecule has 0 bridgehead atoms. The molecule has 0 unspecified atom stereocenters. The summed E-state index contributed by atoms with van der Waals surface area (Å²) in [7, 11) is 0. The normalized spacial score (nSPS) is 18.1. The van der Waals surface area contributed by atoms with Crippen LogP contribution in [0.4, 0.5) is 5.69 Å². The lowest BCUT2D eigenvalue weighted by atomic mass is 9.86. The van der Waals surface area contributed by atoms with Crippen molar-refractivity contribution in [3.8, 4) is 0 Å². The molecule has 2 saturated carbocycles. The van der Waals surface area contributed by atoms with Crippen LogP contribution in [0.15, 0.2) is 24.3 Å². The molecule has 0 atom stereocenters. The SMILES string of the molecule is O=C(CCC1CCCCC1)NC(=S)Nc1ccccc1C(=O)NC1CCCCC1. The van der Waals surface area contributed by atoms with Crippen LogP contribution in [0.25, 0.3) is 0 Å². The first-order valence-electron chi connectivity index (χ1n) is 11.1. The number of nitrogens with one attached hydrogen (secondary N) is 3. The van der Waals surface area contributed by atoms with E-state index in [9.17, 15) is 9.59 Å². The van der Waals surface area contributed by atoms with Crippen molar-refractivity contribution in [2.45, 2.75) is 83.1 Å². The first kappa shape index (κ1) is 21.8. The Labute approximate surface area is 179 Å². The smallest absolute Gasteiger partial charge is 0.253 e. The van der Waals surface area contributed by atoms with E-state index in [2.05, 4.69) is 16.0 Å². The van der Waals surface area contributed by atoms with Crippen LogP contribution in [0.5, 0.6) is 0 Å². The zero-order chi connectivity index (χ0) is 20.5. The third-order valence-corrected chi connectivity index (χ3v) is 6.32. The number of amides is 2. The Morgan fingerprint density at radius 3 is 2.31 bits per heavy atom. The van der Waals surface area contributed by atoms with Crippen LogP contribution >= 0.6 is 12.2 Å². The predicted octanol–water partition coefficient (Wildman–Crippen LogP) is 4.92. The van der Waals surface area contributed by atoms with E-state index in [1.165, 1.54) is 51.4 Å². The third-order valence-electron chi connectivity index (χ3n) is 6.12. The molecule has 29 heavy (non-hydrogen) atoms. The number of carbonyl (C=O) groups is 2. The average Bonchev–Trinajstić information content (AvgIpc) is 2.74. The lowest BCUT2D eigenvalue weighted by Gasteiger charge is -2.23. The first-order valence-corrected chi connectivity index (χ1v) is 11.5. The molecule has 0 aliphatic heterocycles. The van der Waals surface area contributed by atoms with Crippen molar-refractivity contribution in [2.24, 2.45) is 5.92 Å². The molecule has 0 spiro atoms. The lowest BCUT2D eigenvalue weighted by Crippen LogP contribution is -2.37. The lowest BCUT2D eigenvalue weighted by molar-refractivity contribution is -0.120. The van der Waals surface area contributed by atoms with E-state index in [1.54, 1.807) is 6.07 Å². The van der Waals surface area contributed by atoms with Gasteiger partial charge in [0.2, 0.25) is 5.91 Å². The highest BCUT2D eigenvalue weighted by molar-refractivity contribution is 7.80. The van der Waals surface area contributed by atoms with E-state index < -0.39 is 0 Å². The maximum Gasteiger partial charge on any atom is 0.253 e. The second kappa shape index (κ2) is 11.3. The van der Waals surface area contributed by atoms with Gasteiger partial charge < -0.3 is 16.0 Å². The Kier molecular flexibility index (Phi) is 8.47. The van der Waals surface area contributed by atoms with Gasteiger partial charge in [-0.25, -0.2) is 0 Å². The molecule has 3 rings (SSSR count). The van der Waals surface area contributed by atoms with Gasteiger partial charge in [0.25, 0.3) is 5.91 Å². The highest BCUT2D eigenvalue weighted by Gasteiger charge is 2.19. The van der Waals surface area contributed by atoms with Crippen LogP contribution in [-0.2, 0) is 4.79 Å². The van der Waals surface area contributed by atoms with Gasteiger partial charge >= 0.3 is 0 Å². The van der Waals surface area contributed by atoms with E-state index in [4.69, 9.17) is 12.2 Å². The molecular weight excluding hydrogens is 382 g/mol. The van der Waals surface area contributed by atoms with Crippen molar-refractivity contribution in [1.29, 1.82) is 0 Å². The first-order chi connectivity index (χ1) is 14.1. The van der Waals surface area contributed by atoms with Crippen LogP contribution in [0.1, 0.15) is 87.4 Å². The van der Waals surface area contributed by atoms with Crippen molar-refractivity contribution in [3.63, 3.8) is 0 Å². The fourth-order valence-corrected chi connectivity index (χ4v) is 4.68. The molecule has 158 valence electrons. The standard InChI is InChI=1S/C23H33N3O2S/c27-21(16-15-17-9-3-1-4-10-17)26-23(29)25-20-14-8-7-13-19(20)22(28)24-18-11-5-2-6-12-18/h7-8,13-14,17-18H,1-6,9-12,15-16H2,(H,24,28)(H2,25,26,27,29). The fraction of sp³-hybridized carbons (Fsp3) is 0.609. The highest BCUT2D eigenvalue weighted by atomic mass is 32.1. The van der Waals surface area contributed by atoms with Gasteiger partial charge in [-0.2, -0.15) is 0 Å². The number of benzene rings is 1. The molecule has 0 aromatic heterocycles. The van der Waals surface area contributed by atoms with Crippen LogP contribution in [0.2, 0.25) is 0 Å². The number of hydrogen-bond donors (Lipinski definition) is 3. The van der Waals surface area contributed by atoms with Crippen molar-refractivity contribution in [2.75, 3.05) is 5.32 Å². The second-order valence-corrected chi connectivity index (χ2v) is 8.81. The van der Waals surface area contributed by atoms with E-state index in [0.29, 0.717) is 23.6 Å². The summed E-state index contributed by atoms with van der Waals surface area (Å²) in [6.07, 6.45) is 13.4. The summed E-state index contributed by atoms with van der Waals surface area (Å²) >= 11 is 5.32. The summed E-state index contributed by atoms with van der Waals surface area (Å²) in [4.78, 5) is 25.0. The Morgan fingerprint density at radius 1 is 0.931 bits per heavy atom. The van der Waals surface area contributed by atoms with E-state index in [-0.39, 0.29) is 23.0 Å². The summed E-state index contributed by atoms with van der Waals surface area (Å²) in [5, 5.41) is 9.18. The molecule has 2 fully saturated rings. The Bertz CT molecular complexity index is 710. The Balaban J connectivity index is 1.49. The molecule has 2 aliphatic carbocycles. The van der Waals surface area contributed by atoms with Crippen molar-refractivity contribution in [1.82, 2.24) is 10.6 Å². The summed E-state index contributed by atoms with van der Waals surface area (Å²) in [5.41, 5.74) is 1.18. The van der Waals surface area contributed by atoms with Gasteiger partial charge in [0.05, 0.1) is 11.3 Å². The fourth-order valence-electron chi connectivity index (χ4n) is 4.45. The molecule has 6 heteroatoms. The van der Waals surface area contributed by atoms with Crippen LogP contribution in [-0.4, -0.2) is 23.0 Å². The summed E-state index contributed by atoms with van der Waals surface area (Å²) in [6, 6.07) is 7.54. The summed E-state index contributed by atoms with van der Waals surface area (Å²) < 4.78 is 0. The van der Waals surface area contributed by atoms with Crippen LogP contribution in [0.3, 0.4) is 0 Å². The molecule has 0 saturated heterocycles. The molecule has 3 N–H and O–H groups in total. The maximum atomic E-state index is 12.7. The highest BCUT2D eigenvalue weighted by Crippen LogP contribution is 2.27. The molecular formula is C23H33N3O2S. The summed E-state index contributed by atoms with van der Waals surface area (Å²) in [6.45, 7) is 0. The van der Waals surface area contributed by atoms with Gasteiger partial charge in [0.15, 0.2) is 5.11 Å². The van der Waals surface area contributed by atoms with Crippen molar-refractivity contribution in [3.05, 3.63) is 29.8 Å². The molecule has 5 nitrogen and oxygen atoms in total. The zero-order valence-corrected chi connectivity index (χ0v) is 18.0. The molecule has 0 heterocycles. The van der Waals surface area contributed by atoms with Gasteiger partial charge in [0, 0.05) is 12.5 Å². The molecule has 2 amide bonds. The van der Waals surface area contributed by atoms with Gasteiger partial charge in [-0.15, -0.1) is 0 Å². The van der Waals surface area contributed by atoms with Gasteiger partial charge in [0.1, 0.15) is 0 Å². The monoisotopic (exact) mass is 415 g/mol. The van der Waals surface area contributed by atoms with E-state index >= 15 is 0 Å². The van der Waals surface area contributed by atoms with E-state index in [0.717, 1.165) is 19.3 Å². The maximum absolute atomic E-state index is 12.7. The largest absolute Gasteiger partial charge is 0.349 e. The van der Waals surface area contributed by atoms with Crippen molar-refractivity contribution >= 4 is 34.8 Å². The minimum atomic E-state index is -0.0913. The Hall–Kier alpha value is -1.95. The van der Waals surface area contributed by atoms with Crippen LogP contribution in [0, 0.1) is 5.92 Å². The number of carbonyl (C=O) groups excluding carboxylic acids is 2. The number of thiocarbonyl (C=S) groups is 1. The number of para-hydroxylation sites is 1. The number of hydrogen-bond acceptors (Lipinski definition) is 3. The van der Waals surface area contributed by atoms with Crippen LogP contribution < -0.4 is 16.0 Å².